The van der Waals surface area contributed by atoms with Crippen LogP contribution in [0, 0.1) is 11.8 Å². The summed E-state index contributed by atoms with van der Waals surface area (Å²) in [6.45, 7) is -0.305. The van der Waals surface area contributed by atoms with E-state index in [1.807, 2.05) is 0 Å². The molecule has 0 bridgehead atoms. The molecule has 1 rings (SSSR count). The lowest BCUT2D eigenvalue weighted by molar-refractivity contribution is 0.0688. The second kappa shape index (κ2) is 4.69. The second-order valence-electron chi connectivity index (χ2n) is 2.16. The first kappa shape index (κ1) is 10.6. The summed E-state index contributed by atoms with van der Waals surface area (Å²) in [5, 5.41) is 17.1. The first-order valence-corrected chi connectivity index (χ1v) is 4.30. The van der Waals surface area contributed by atoms with Gasteiger partial charge in [0.25, 0.3) is 0 Å². The van der Waals surface area contributed by atoms with Crippen LogP contribution in [0.4, 0.5) is 0 Å². The highest BCUT2D eigenvalue weighted by Gasteiger charge is 2.11. The molecule has 2 N–H and O–H groups in total. The van der Waals surface area contributed by atoms with Crippen molar-refractivity contribution in [2.75, 3.05) is 6.61 Å². The molecule has 0 spiro atoms. The fourth-order valence-corrected chi connectivity index (χ4v) is 1.06. The second-order valence-corrected chi connectivity index (χ2v) is 2.91. The van der Waals surface area contributed by atoms with Gasteiger partial charge in [0.15, 0.2) is 5.69 Å². The molecule has 0 aromatic carbocycles. The van der Waals surface area contributed by atoms with Crippen molar-refractivity contribution in [3.63, 3.8) is 0 Å². The molecule has 1 aromatic rings. The Morgan fingerprint density at radius 3 is 2.93 bits per heavy atom. The minimum Gasteiger partial charge on any atom is -0.476 e. The number of halogens is 1. The van der Waals surface area contributed by atoms with E-state index in [0.29, 0.717) is 0 Å². The zero-order valence-corrected chi connectivity index (χ0v) is 8.45. The van der Waals surface area contributed by atoms with Crippen LogP contribution in [0.3, 0.4) is 0 Å². The van der Waals surface area contributed by atoms with Crippen LogP contribution in [0.5, 0.6) is 0 Å². The number of aromatic nitrogens is 2. The van der Waals surface area contributed by atoms with Crippen LogP contribution in [-0.4, -0.2) is 32.8 Å². The molecule has 0 unspecified atom stereocenters. The molecular formula is C8H5BrN2O3. The first-order valence-electron chi connectivity index (χ1n) is 3.50. The molecule has 0 atom stereocenters. The molecule has 72 valence electrons. The Kier molecular flexibility index (Phi) is 3.56. The van der Waals surface area contributed by atoms with E-state index in [1.165, 1.54) is 6.20 Å². The normalized spacial score (nSPS) is 9.00. The highest BCUT2D eigenvalue weighted by Crippen LogP contribution is 2.10. The van der Waals surface area contributed by atoms with E-state index in [1.54, 1.807) is 0 Å². The summed E-state index contributed by atoms with van der Waals surface area (Å²) in [5.74, 6) is 3.62. The van der Waals surface area contributed by atoms with Gasteiger partial charge in [-0.15, -0.1) is 0 Å². The summed E-state index contributed by atoms with van der Waals surface area (Å²) < 4.78 is 0.152. The maximum atomic E-state index is 10.6. The number of aromatic carboxylic acids is 1. The Morgan fingerprint density at radius 2 is 2.36 bits per heavy atom. The molecule has 5 nitrogen and oxygen atoms in total. The standard InChI is InChI=1S/C8H5BrN2O3/c9-7-6(8(13)14)11-5(4-10-7)2-1-3-12/h4,12H,3H2,(H,13,14). The summed E-state index contributed by atoms with van der Waals surface area (Å²) in [6.07, 6.45) is 1.32. The van der Waals surface area contributed by atoms with E-state index in [-0.39, 0.29) is 22.6 Å². The van der Waals surface area contributed by atoms with Gasteiger partial charge in [-0.1, -0.05) is 5.92 Å². The largest absolute Gasteiger partial charge is 0.476 e. The number of hydrogen-bond donors (Lipinski definition) is 2. The Hall–Kier alpha value is -1.45. The number of aliphatic hydroxyl groups excluding tert-OH is 1. The van der Waals surface area contributed by atoms with Crippen molar-refractivity contribution in [1.29, 1.82) is 0 Å². The summed E-state index contributed by atoms with van der Waals surface area (Å²) in [4.78, 5) is 18.1. The monoisotopic (exact) mass is 256 g/mol. The van der Waals surface area contributed by atoms with Gasteiger partial charge < -0.3 is 10.2 Å². The smallest absolute Gasteiger partial charge is 0.357 e. The predicted octanol–water partition coefficient (Wildman–Crippen LogP) is 0.281. The highest BCUT2D eigenvalue weighted by atomic mass is 79.9. The first-order chi connectivity index (χ1) is 6.65. The van der Waals surface area contributed by atoms with E-state index < -0.39 is 5.97 Å². The molecule has 0 saturated carbocycles. The molecule has 0 aliphatic carbocycles. The number of aliphatic hydroxyl groups is 1. The summed E-state index contributed by atoms with van der Waals surface area (Å²) >= 11 is 2.95. The molecule has 0 fully saturated rings. The number of rotatable bonds is 1. The molecule has 0 aliphatic rings. The fourth-order valence-electron chi connectivity index (χ4n) is 0.701. The fraction of sp³-hybridized carbons (Fsp3) is 0.125. The van der Waals surface area contributed by atoms with Gasteiger partial charge in [0, 0.05) is 0 Å². The van der Waals surface area contributed by atoms with E-state index in [0.717, 1.165) is 0 Å². The number of nitrogens with zero attached hydrogens (tertiary/aromatic N) is 2. The predicted molar refractivity (Wildman–Crippen MR) is 50.7 cm³/mol. The van der Waals surface area contributed by atoms with Gasteiger partial charge >= 0.3 is 5.97 Å². The summed E-state index contributed by atoms with van der Waals surface area (Å²) in [7, 11) is 0. The van der Waals surface area contributed by atoms with Gasteiger partial charge in [0.2, 0.25) is 0 Å². The van der Waals surface area contributed by atoms with E-state index in [2.05, 4.69) is 37.7 Å². The van der Waals surface area contributed by atoms with Crippen molar-refractivity contribution in [3.05, 3.63) is 22.2 Å². The van der Waals surface area contributed by atoms with Crippen molar-refractivity contribution >= 4 is 21.9 Å². The molecule has 0 saturated heterocycles. The lowest BCUT2D eigenvalue weighted by Gasteiger charge is -1.96. The third kappa shape index (κ3) is 2.52. The van der Waals surface area contributed by atoms with Crippen LogP contribution < -0.4 is 0 Å². The number of carbonyl (C=O) groups is 1. The number of carboxylic acids is 1. The lowest BCUT2D eigenvalue weighted by atomic mass is 10.4. The average molecular weight is 257 g/mol. The molecule has 14 heavy (non-hydrogen) atoms. The van der Waals surface area contributed by atoms with Crippen molar-refractivity contribution in [3.8, 4) is 11.8 Å². The van der Waals surface area contributed by atoms with Crippen LogP contribution in [0.2, 0.25) is 0 Å². The molecule has 1 heterocycles. The third-order valence-electron chi connectivity index (χ3n) is 1.23. The highest BCUT2D eigenvalue weighted by molar-refractivity contribution is 9.10. The van der Waals surface area contributed by atoms with Crippen molar-refractivity contribution in [1.82, 2.24) is 9.97 Å². The average Bonchev–Trinajstić information content (AvgIpc) is 2.16. The van der Waals surface area contributed by atoms with Gasteiger partial charge in [0.1, 0.15) is 16.9 Å². The SMILES string of the molecule is O=C(O)c1nc(C#CCO)cnc1Br. The topological polar surface area (TPSA) is 83.3 Å². The minimum atomic E-state index is -1.18. The zero-order chi connectivity index (χ0) is 10.6. The molecule has 0 radical (unpaired) electrons. The van der Waals surface area contributed by atoms with Gasteiger partial charge in [-0.3, -0.25) is 0 Å². The molecular weight excluding hydrogens is 252 g/mol. The van der Waals surface area contributed by atoms with E-state index >= 15 is 0 Å². The van der Waals surface area contributed by atoms with Crippen LogP contribution in [0.25, 0.3) is 0 Å². The van der Waals surface area contributed by atoms with Crippen LogP contribution in [0.1, 0.15) is 16.2 Å². The van der Waals surface area contributed by atoms with Crippen molar-refractivity contribution in [2.45, 2.75) is 0 Å². The Labute approximate surface area is 87.9 Å². The van der Waals surface area contributed by atoms with Crippen LogP contribution in [-0.2, 0) is 0 Å². The zero-order valence-electron chi connectivity index (χ0n) is 6.86. The van der Waals surface area contributed by atoms with Crippen LogP contribution in [0.15, 0.2) is 10.8 Å². The van der Waals surface area contributed by atoms with E-state index in [4.69, 9.17) is 10.2 Å². The quantitative estimate of drug-likeness (QED) is 0.706. The van der Waals surface area contributed by atoms with Crippen molar-refractivity contribution < 1.29 is 15.0 Å². The van der Waals surface area contributed by atoms with Gasteiger partial charge in [-0.05, 0) is 21.9 Å². The van der Waals surface area contributed by atoms with Gasteiger partial charge in [-0.2, -0.15) is 0 Å². The van der Waals surface area contributed by atoms with Crippen molar-refractivity contribution in [2.24, 2.45) is 0 Å². The lowest BCUT2D eigenvalue weighted by Crippen LogP contribution is -2.04. The maximum absolute atomic E-state index is 10.6. The number of carboxylic acid groups (broad SMARTS) is 1. The maximum Gasteiger partial charge on any atom is 0.357 e. The number of hydrogen-bond acceptors (Lipinski definition) is 4. The molecule has 1 aromatic heterocycles. The summed E-state index contributed by atoms with van der Waals surface area (Å²) in [6, 6.07) is 0. The summed E-state index contributed by atoms with van der Waals surface area (Å²) in [5.41, 5.74) is 0.00869. The molecule has 0 aliphatic heterocycles. The Bertz CT molecular complexity index is 422. The minimum absolute atomic E-state index is 0.152. The Balaban J connectivity index is 3.13. The third-order valence-corrected chi connectivity index (χ3v) is 1.81. The van der Waals surface area contributed by atoms with Gasteiger partial charge in [0.05, 0.1) is 6.20 Å². The molecule has 0 amide bonds. The van der Waals surface area contributed by atoms with Gasteiger partial charge in [-0.25, -0.2) is 14.8 Å². The Morgan fingerprint density at radius 1 is 1.64 bits per heavy atom. The van der Waals surface area contributed by atoms with Crippen LogP contribution >= 0.6 is 15.9 Å². The van der Waals surface area contributed by atoms with E-state index in [9.17, 15) is 4.79 Å². The molecule has 6 heteroatoms.